The third kappa shape index (κ3) is 11.1. The standard InChI is InChI=1S/C15H27N3O15/c19-9(1-4-16(24)25)30-7-8-14(32-10(20)2-5-17(26)27)12(22)13(23)15(31-8)33-11(21)3-6-18(28)29/h8,12-18,22-24,26,28H,1-7H2. The molecule has 1 saturated heterocycles. The smallest absolute Gasteiger partial charge is 0.314 e. The molecule has 0 amide bonds. The van der Waals surface area contributed by atoms with E-state index >= 15 is 0 Å². The molecule has 0 saturated carbocycles. The normalized spacial score (nSPS) is 27.8. The number of rotatable bonds is 13. The molecule has 1 rings (SSSR count). The summed E-state index contributed by atoms with van der Waals surface area (Å²) in [5.74, 6) is -3.16. The fourth-order valence-electron chi connectivity index (χ4n) is 2.56. The number of aliphatic hydroxyl groups excluding tert-OH is 2. The highest BCUT2D eigenvalue weighted by molar-refractivity contribution is 5.70. The van der Waals surface area contributed by atoms with Crippen molar-refractivity contribution in [3.63, 3.8) is 0 Å². The first kappa shape index (κ1) is 29.0. The van der Waals surface area contributed by atoms with E-state index in [9.17, 15) is 40.2 Å². The van der Waals surface area contributed by atoms with Crippen LogP contribution in [0.15, 0.2) is 0 Å². The summed E-state index contributed by atoms with van der Waals surface area (Å²) in [5, 5.41) is 74.2. The lowest BCUT2D eigenvalue weighted by Gasteiger charge is -2.41. The van der Waals surface area contributed by atoms with Gasteiger partial charge in [-0.15, -0.1) is 0 Å². The molecule has 1 aliphatic heterocycles. The average Bonchev–Trinajstić information content (AvgIpc) is 2.73. The number of nitrogens with one attached hydrogen (secondary N) is 3. The second-order valence-corrected chi connectivity index (χ2v) is 6.83. The number of hydrogen-bond acceptors (Lipinski definition) is 15. The highest BCUT2D eigenvalue weighted by atomic mass is 16.8. The van der Waals surface area contributed by atoms with E-state index in [1.165, 1.54) is 0 Å². The lowest BCUT2D eigenvalue weighted by atomic mass is 9.99. The Hall–Kier alpha value is -2.07. The number of hydrogen-bond donors (Lipinski definition) is 8. The summed E-state index contributed by atoms with van der Waals surface area (Å²) in [4.78, 5) is 35.3. The fraction of sp³-hybridized carbons (Fsp3) is 0.800. The predicted molar refractivity (Wildman–Crippen MR) is 94.4 cm³/mol. The summed E-state index contributed by atoms with van der Waals surface area (Å²) in [6, 6.07) is 0. The Bertz CT molecular complexity index is 634. The molecule has 1 aliphatic rings. The average molecular weight is 489 g/mol. The van der Waals surface area contributed by atoms with Gasteiger partial charge in [-0.1, -0.05) is 0 Å². The molecule has 18 heteroatoms. The molecule has 0 aromatic carbocycles. The zero-order valence-electron chi connectivity index (χ0n) is 17.2. The molecule has 0 aromatic rings. The molecule has 0 spiro atoms. The molecule has 1 fully saturated rings. The van der Waals surface area contributed by atoms with Crippen LogP contribution in [-0.2, 0) is 33.3 Å². The van der Waals surface area contributed by atoms with E-state index in [0.29, 0.717) is 0 Å². The van der Waals surface area contributed by atoms with E-state index in [1.807, 2.05) is 0 Å². The molecule has 8 N–H and O–H groups in total. The van der Waals surface area contributed by atoms with Gasteiger partial charge in [-0.3, -0.25) is 14.4 Å². The van der Waals surface area contributed by atoms with E-state index in [0.717, 1.165) is 0 Å². The van der Waals surface area contributed by atoms with Gasteiger partial charge < -0.3 is 44.8 Å². The molecule has 18 nitrogen and oxygen atoms in total. The van der Waals surface area contributed by atoms with Crippen LogP contribution in [0.4, 0.5) is 0 Å². The van der Waals surface area contributed by atoms with E-state index in [4.69, 9.17) is 34.6 Å². The first-order chi connectivity index (χ1) is 15.4. The van der Waals surface area contributed by atoms with Gasteiger partial charge in [0.15, 0.2) is 6.10 Å². The van der Waals surface area contributed by atoms with Crippen molar-refractivity contribution in [2.45, 2.75) is 50.0 Å². The monoisotopic (exact) mass is 489 g/mol. The molecule has 8 unspecified atom stereocenters. The molecular formula is C15H27N3O15. The Balaban J connectivity index is 2.86. The van der Waals surface area contributed by atoms with Crippen molar-refractivity contribution in [2.75, 3.05) is 26.2 Å². The predicted octanol–water partition coefficient (Wildman–Crippen LogP) is -7.08. The number of quaternary nitrogens is 3. The molecule has 0 bridgehead atoms. The van der Waals surface area contributed by atoms with Crippen molar-refractivity contribution in [1.82, 2.24) is 0 Å². The third-order valence-electron chi connectivity index (χ3n) is 4.19. The van der Waals surface area contributed by atoms with Gasteiger partial charge in [0, 0.05) is 0 Å². The molecule has 0 radical (unpaired) electrons. The molecule has 1 heterocycles. The van der Waals surface area contributed by atoms with Crippen molar-refractivity contribution in [3.8, 4) is 0 Å². The Morgan fingerprint density at radius 1 is 0.758 bits per heavy atom. The summed E-state index contributed by atoms with van der Waals surface area (Å²) in [6.07, 6.45) is -10.6. The van der Waals surface area contributed by atoms with Gasteiger partial charge in [-0.05, 0) is 0 Å². The summed E-state index contributed by atoms with van der Waals surface area (Å²) < 4.78 is 19.9. The van der Waals surface area contributed by atoms with Gasteiger partial charge in [0.1, 0.15) is 44.6 Å². The summed E-state index contributed by atoms with van der Waals surface area (Å²) in [6.45, 7) is -2.44. The number of hydroxylamine groups is 6. The summed E-state index contributed by atoms with van der Waals surface area (Å²) in [5.41, 5.74) is 0. The summed E-state index contributed by atoms with van der Waals surface area (Å²) >= 11 is 0. The number of ether oxygens (including phenoxy) is 4. The van der Waals surface area contributed by atoms with Gasteiger partial charge in [0.2, 0.25) is 6.29 Å². The molecule has 0 aromatic heterocycles. The van der Waals surface area contributed by atoms with Crippen LogP contribution >= 0.6 is 0 Å². The Kier molecular flexibility index (Phi) is 12.5. The van der Waals surface area contributed by atoms with Crippen molar-refractivity contribution < 1.29 is 74.8 Å². The minimum absolute atomic E-state index is 0.510. The maximum atomic E-state index is 11.9. The SMILES string of the molecule is O=C(CC[NH+]([O-])O)OCC1OC(OC(=O)CC[NH+]([O-])O)C(O)C(O)C1OC(=O)CC[NH+]([O-])O. The quantitative estimate of drug-likeness (QED) is 0.0678. The van der Waals surface area contributed by atoms with Crippen LogP contribution < -0.4 is 15.7 Å². The van der Waals surface area contributed by atoms with Crippen molar-refractivity contribution in [3.05, 3.63) is 15.6 Å². The van der Waals surface area contributed by atoms with E-state index < -0.39 is 110 Å². The third-order valence-corrected chi connectivity index (χ3v) is 4.19. The van der Waals surface area contributed by atoms with Crippen LogP contribution in [0.3, 0.4) is 0 Å². The van der Waals surface area contributed by atoms with Crippen LogP contribution in [-0.4, -0.2) is 101 Å². The highest BCUT2D eigenvalue weighted by Gasteiger charge is 2.49. The van der Waals surface area contributed by atoms with Gasteiger partial charge in [-0.2, -0.15) is 0 Å². The first-order valence-electron chi connectivity index (χ1n) is 9.62. The van der Waals surface area contributed by atoms with Gasteiger partial charge >= 0.3 is 17.9 Å². The summed E-state index contributed by atoms with van der Waals surface area (Å²) in [7, 11) is 0. The van der Waals surface area contributed by atoms with Crippen LogP contribution in [0.25, 0.3) is 0 Å². The maximum absolute atomic E-state index is 11.9. The topological polar surface area (TPSA) is 272 Å². The van der Waals surface area contributed by atoms with Gasteiger partial charge in [0.05, 0.1) is 19.3 Å². The number of carbonyl (C=O) groups is 3. The van der Waals surface area contributed by atoms with E-state index in [2.05, 4.69) is 0 Å². The molecule has 192 valence electrons. The number of esters is 3. The van der Waals surface area contributed by atoms with Crippen molar-refractivity contribution in [1.29, 1.82) is 0 Å². The zero-order chi connectivity index (χ0) is 25.1. The second-order valence-electron chi connectivity index (χ2n) is 6.83. The molecular weight excluding hydrogens is 462 g/mol. The van der Waals surface area contributed by atoms with Gasteiger partial charge in [0.25, 0.3) is 0 Å². The largest absolute Gasteiger partial charge is 0.600 e. The molecule has 0 aliphatic carbocycles. The van der Waals surface area contributed by atoms with Gasteiger partial charge in [-0.25, -0.2) is 31.3 Å². The van der Waals surface area contributed by atoms with Crippen LogP contribution in [0.5, 0.6) is 0 Å². The number of aliphatic hydroxyl groups is 2. The Labute approximate surface area is 185 Å². The lowest BCUT2D eigenvalue weighted by Crippen LogP contribution is -3.04. The van der Waals surface area contributed by atoms with Crippen LogP contribution in [0, 0.1) is 15.6 Å². The first-order valence-corrected chi connectivity index (χ1v) is 9.62. The number of carbonyl (C=O) groups excluding carboxylic acids is 3. The van der Waals surface area contributed by atoms with E-state index in [-0.39, 0.29) is 0 Å². The van der Waals surface area contributed by atoms with E-state index in [1.54, 1.807) is 0 Å². The minimum Gasteiger partial charge on any atom is -0.600 e. The Morgan fingerprint density at radius 2 is 1.21 bits per heavy atom. The second kappa shape index (κ2) is 14.2. The van der Waals surface area contributed by atoms with Crippen molar-refractivity contribution >= 4 is 17.9 Å². The highest BCUT2D eigenvalue weighted by Crippen LogP contribution is 2.25. The van der Waals surface area contributed by atoms with Crippen LogP contribution in [0.2, 0.25) is 0 Å². The Morgan fingerprint density at radius 3 is 1.70 bits per heavy atom. The lowest BCUT2D eigenvalue weighted by molar-refractivity contribution is -1.05. The zero-order valence-corrected chi connectivity index (χ0v) is 17.2. The van der Waals surface area contributed by atoms with Crippen LogP contribution in [0.1, 0.15) is 19.3 Å². The minimum atomic E-state index is -1.96. The molecule has 33 heavy (non-hydrogen) atoms. The maximum Gasteiger partial charge on any atom is 0.314 e. The molecule has 8 atom stereocenters. The van der Waals surface area contributed by atoms with Crippen molar-refractivity contribution in [2.24, 2.45) is 0 Å². The fourth-order valence-corrected chi connectivity index (χ4v) is 2.56.